The summed E-state index contributed by atoms with van der Waals surface area (Å²) in [5.74, 6) is 0.722. The molecule has 0 N–H and O–H groups in total. The van der Waals surface area contributed by atoms with Crippen LogP contribution in [-0.4, -0.2) is 24.0 Å². The van der Waals surface area contributed by atoms with Gasteiger partial charge in [0, 0.05) is 6.54 Å². The van der Waals surface area contributed by atoms with Gasteiger partial charge in [-0.1, -0.05) is 36.4 Å². The topological polar surface area (TPSA) is 29.5 Å². The van der Waals surface area contributed by atoms with E-state index in [0.29, 0.717) is 31.0 Å². The summed E-state index contributed by atoms with van der Waals surface area (Å²) in [6.07, 6.45) is 3.67. The normalized spacial score (nSPS) is 20.5. The number of carbonyl (C=O) groups is 1. The van der Waals surface area contributed by atoms with Crippen LogP contribution in [-0.2, 0) is 16.1 Å². The van der Waals surface area contributed by atoms with E-state index in [9.17, 15) is 4.79 Å². The van der Waals surface area contributed by atoms with E-state index in [1.54, 1.807) is 0 Å². The highest BCUT2D eigenvalue weighted by atomic mass is 16.5. The Morgan fingerprint density at radius 2 is 1.95 bits per heavy atom. The molecule has 0 atom stereocenters. The Kier molecular flexibility index (Phi) is 4.39. The highest BCUT2D eigenvalue weighted by Gasteiger charge is 2.24. The minimum Gasteiger partial charge on any atom is -0.491 e. The van der Waals surface area contributed by atoms with Crippen molar-refractivity contribution in [2.45, 2.75) is 20.4 Å². The maximum Gasteiger partial charge on any atom is 0.257 e. The van der Waals surface area contributed by atoms with Crippen LogP contribution in [0.15, 0.2) is 53.8 Å². The number of hydrogen-bond donors (Lipinski definition) is 0. The standard InChI is InChI=1S/C16H19NO2/c1-3-14-15(4-2)19-11-10-17(16(14)18)12-13-8-6-5-7-9-13/h3-9H,10-12H2,1-2H3. The largest absolute Gasteiger partial charge is 0.491 e. The van der Waals surface area contributed by atoms with Gasteiger partial charge in [-0.15, -0.1) is 0 Å². The molecule has 0 bridgehead atoms. The van der Waals surface area contributed by atoms with E-state index < -0.39 is 0 Å². The van der Waals surface area contributed by atoms with Crippen molar-refractivity contribution in [1.82, 2.24) is 4.90 Å². The molecule has 0 aromatic heterocycles. The fourth-order valence-corrected chi connectivity index (χ4v) is 2.18. The summed E-state index contributed by atoms with van der Waals surface area (Å²) in [7, 11) is 0. The molecular formula is C16H19NO2. The predicted molar refractivity (Wildman–Crippen MR) is 75.3 cm³/mol. The molecule has 1 amide bonds. The van der Waals surface area contributed by atoms with E-state index in [4.69, 9.17) is 4.74 Å². The highest BCUT2D eigenvalue weighted by Crippen LogP contribution is 2.20. The van der Waals surface area contributed by atoms with Crippen molar-refractivity contribution in [3.63, 3.8) is 0 Å². The second-order valence-corrected chi connectivity index (χ2v) is 4.42. The number of amides is 1. The Bertz CT molecular complexity index is 503. The molecule has 1 fully saturated rings. The Morgan fingerprint density at radius 1 is 1.21 bits per heavy atom. The highest BCUT2D eigenvalue weighted by molar-refractivity contribution is 5.97. The minimum absolute atomic E-state index is 0.0388. The number of benzene rings is 1. The van der Waals surface area contributed by atoms with Crippen LogP contribution >= 0.6 is 0 Å². The van der Waals surface area contributed by atoms with Gasteiger partial charge in [0.15, 0.2) is 0 Å². The van der Waals surface area contributed by atoms with Crippen LogP contribution in [0.2, 0.25) is 0 Å². The summed E-state index contributed by atoms with van der Waals surface area (Å²) in [5, 5.41) is 0. The van der Waals surface area contributed by atoms with Crippen molar-refractivity contribution in [3.8, 4) is 0 Å². The lowest BCUT2D eigenvalue weighted by atomic mass is 10.1. The van der Waals surface area contributed by atoms with Crippen molar-refractivity contribution in [2.75, 3.05) is 13.2 Å². The molecule has 3 heteroatoms. The Morgan fingerprint density at radius 3 is 2.58 bits per heavy atom. The molecule has 1 aliphatic rings. The molecule has 0 unspecified atom stereocenters. The molecule has 1 aromatic carbocycles. The third kappa shape index (κ3) is 3.05. The molecule has 0 saturated carbocycles. The number of rotatable bonds is 2. The SMILES string of the molecule is CC=C1OCCN(Cc2ccccc2)C(=O)C1=CC. The smallest absolute Gasteiger partial charge is 0.257 e. The van der Waals surface area contributed by atoms with Gasteiger partial charge < -0.3 is 9.64 Å². The van der Waals surface area contributed by atoms with E-state index in [0.717, 1.165) is 5.56 Å². The number of allylic oxidation sites excluding steroid dienone is 2. The first kappa shape index (κ1) is 13.4. The van der Waals surface area contributed by atoms with Crippen LogP contribution in [0.4, 0.5) is 0 Å². The molecule has 3 nitrogen and oxygen atoms in total. The van der Waals surface area contributed by atoms with Gasteiger partial charge in [0.1, 0.15) is 12.4 Å². The summed E-state index contributed by atoms with van der Waals surface area (Å²) in [6.45, 7) is 5.53. The van der Waals surface area contributed by atoms with Crippen molar-refractivity contribution < 1.29 is 9.53 Å². The van der Waals surface area contributed by atoms with Gasteiger partial charge in [-0.3, -0.25) is 4.79 Å². The molecule has 1 heterocycles. The molecule has 1 aromatic rings. The maximum absolute atomic E-state index is 12.5. The number of carbonyl (C=O) groups excluding carboxylic acids is 1. The zero-order chi connectivity index (χ0) is 13.7. The van der Waals surface area contributed by atoms with Crippen LogP contribution < -0.4 is 0 Å². The van der Waals surface area contributed by atoms with Gasteiger partial charge in [0.2, 0.25) is 0 Å². The summed E-state index contributed by atoms with van der Waals surface area (Å²) < 4.78 is 5.62. The predicted octanol–water partition coefficient (Wildman–Crippen LogP) is 2.90. The van der Waals surface area contributed by atoms with E-state index in [1.807, 2.05) is 61.2 Å². The van der Waals surface area contributed by atoms with Gasteiger partial charge in [-0.05, 0) is 25.5 Å². The average Bonchev–Trinajstić information content (AvgIpc) is 2.59. The van der Waals surface area contributed by atoms with Crippen molar-refractivity contribution in [3.05, 3.63) is 59.4 Å². The van der Waals surface area contributed by atoms with Gasteiger partial charge in [-0.2, -0.15) is 0 Å². The molecular weight excluding hydrogens is 238 g/mol. The van der Waals surface area contributed by atoms with Crippen LogP contribution in [0.25, 0.3) is 0 Å². The van der Waals surface area contributed by atoms with Crippen LogP contribution in [0.5, 0.6) is 0 Å². The first-order valence-corrected chi connectivity index (χ1v) is 6.55. The molecule has 100 valence electrons. The maximum atomic E-state index is 12.5. The van der Waals surface area contributed by atoms with Crippen LogP contribution in [0, 0.1) is 0 Å². The second-order valence-electron chi connectivity index (χ2n) is 4.42. The fraction of sp³-hybridized carbons (Fsp3) is 0.312. The van der Waals surface area contributed by atoms with Crippen molar-refractivity contribution >= 4 is 5.91 Å². The lowest BCUT2D eigenvalue weighted by Gasteiger charge is -2.20. The molecule has 2 rings (SSSR count). The molecule has 19 heavy (non-hydrogen) atoms. The van der Waals surface area contributed by atoms with E-state index in [1.165, 1.54) is 0 Å². The minimum atomic E-state index is 0.0388. The summed E-state index contributed by atoms with van der Waals surface area (Å²) in [5.41, 5.74) is 1.78. The molecule has 0 spiro atoms. The van der Waals surface area contributed by atoms with E-state index in [-0.39, 0.29) is 5.91 Å². The second kappa shape index (κ2) is 6.23. The Balaban J connectivity index is 2.20. The third-order valence-electron chi connectivity index (χ3n) is 3.17. The lowest BCUT2D eigenvalue weighted by molar-refractivity contribution is -0.127. The number of ether oxygens (including phenoxy) is 1. The molecule has 0 radical (unpaired) electrons. The number of nitrogens with zero attached hydrogens (tertiary/aromatic N) is 1. The third-order valence-corrected chi connectivity index (χ3v) is 3.17. The van der Waals surface area contributed by atoms with Gasteiger partial charge in [0.25, 0.3) is 5.91 Å². The first-order valence-electron chi connectivity index (χ1n) is 6.55. The number of hydrogen-bond acceptors (Lipinski definition) is 2. The zero-order valence-corrected chi connectivity index (χ0v) is 11.4. The average molecular weight is 257 g/mol. The monoisotopic (exact) mass is 257 g/mol. The molecule has 1 aliphatic heterocycles. The first-order chi connectivity index (χ1) is 9.26. The van der Waals surface area contributed by atoms with E-state index >= 15 is 0 Å². The van der Waals surface area contributed by atoms with Gasteiger partial charge in [0.05, 0.1) is 12.1 Å². The van der Waals surface area contributed by atoms with Gasteiger partial charge in [-0.25, -0.2) is 0 Å². The fourth-order valence-electron chi connectivity index (χ4n) is 2.18. The quantitative estimate of drug-likeness (QED) is 0.762. The van der Waals surface area contributed by atoms with Gasteiger partial charge >= 0.3 is 0 Å². The summed E-state index contributed by atoms with van der Waals surface area (Å²) in [4.78, 5) is 14.3. The summed E-state index contributed by atoms with van der Waals surface area (Å²) >= 11 is 0. The van der Waals surface area contributed by atoms with E-state index in [2.05, 4.69) is 0 Å². The summed E-state index contributed by atoms with van der Waals surface area (Å²) in [6, 6.07) is 10.0. The Labute approximate surface area is 114 Å². The van der Waals surface area contributed by atoms with Crippen molar-refractivity contribution in [1.29, 1.82) is 0 Å². The Hall–Kier alpha value is -2.03. The van der Waals surface area contributed by atoms with Crippen molar-refractivity contribution in [2.24, 2.45) is 0 Å². The van der Waals surface area contributed by atoms with Crippen LogP contribution in [0.1, 0.15) is 19.4 Å². The molecule has 1 saturated heterocycles. The van der Waals surface area contributed by atoms with Crippen LogP contribution in [0.3, 0.4) is 0 Å². The molecule has 0 aliphatic carbocycles. The lowest BCUT2D eigenvalue weighted by Crippen LogP contribution is -2.32. The zero-order valence-electron chi connectivity index (χ0n) is 11.4.